The third kappa shape index (κ3) is 4.79. The van der Waals surface area contributed by atoms with Crippen LogP contribution in [0.4, 0.5) is 22.7 Å². The van der Waals surface area contributed by atoms with Crippen molar-refractivity contribution in [3.05, 3.63) is 155 Å². The summed E-state index contributed by atoms with van der Waals surface area (Å²) in [5.41, 5.74) is 15.8. The van der Waals surface area contributed by atoms with E-state index in [1.54, 1.807) is 0 Å². The van der Waals surface area contributed by atoms with Gasteiger partial charge in [0.2, 0.25) is 0 Å². The smallest absolute Gasteiger partial charge is 0.0960 e. The first-order valence-electron chi connectivity index (χ1n) is 17.9. The largest absolute Gasteiger partial charge is 0.336 e. The summed E-state index contributed by atoms with van der Waals surface area (Å²) in [6.45, 7) is 10.6. The number of aryl methyl sites for hydroxylation is 2. The topological polar surface area (TPSA) is 6.48 Å². The van der Waals surface area contributed by atoms with Gasteiger partial charge in [-0.2, -0.15) is 0 Å². The molecule has 6 aromatic rings. The van der Waals surface area contributed by atoms with Crippen LogP contribution in [0.1, 0.15) is 73.9 Å². The lowest BCUT2D eigenvalue weighted by Crippen LogP contribution is -2.44. The number of para-hydroxylation sites is 1. The number of hydrogen-bond donors (Lipinski definition) is 0. The SMILES string of the molecule is CC1(C)c2cc(C=Cc3cccc4c(N5CCCc6ccc#cc65)cccc34)ccc2-c2ccc(N3c4ccccc4CCC3(C)C)cc21. The highest BCUT2D eigenvalue weighted by atomic mass is 15.2. The second-order valence-corrected chi connectivity index (χ2v) is 15.2. The van der Waals surface area contributed by atoms with Crippen LogP contribution in [0.2, 0.25) is 0 Å². The number of hydrogen-bond acceptors (Lipinski definition) is 2. The molecule has 2 nitrogen and oxygen atoms in total. The Morgan fingerprint density at radius 2 is 1.45 bits per heavy atom. The van der Waals surface area contributed by atoms with Crippen LogP contribution in [-0.2, 0) is 18.3 Å². The van der Waals surface area contributed by atoms with Gasteiger partial charge in [-0.05, 0) is 132 Å². The first-order chi connectivity index (χ1) is 23.8. The van der Waals surface area contributed by atoms with Crippen molar-refractivity contribution in [2.45, 2.75) is 64.3 Å². The van der Waals surface area contributed by atoms with Crippen molar-refractivity contribution in [1.29, 1.82) is 0 Å². The highest BCUT2D eigenvalue weighted by molar-refractivity contribution is 6.01. The summed E-state index contributed by atoms with van der Waals surface area (Å²) in [6, 6.07) is 47.3. The van der Waals surface area contributed by atoms with Crippen LogP contribution in [0.25, 0.3) is 34.1 Å². The third-order valence-electron chi connectivity index (χ3n) is 11.4. The second kappa shape index (κ2) is 11.1. The van der Waals surface area contributed by atoms with E-state index in [0.717, 1.165) is 32.2 Å². The third-order valence-corrected chi connectivity index (χ3v) is 11.4. The van der Waals surface area contributed by atoms with E-state index in [4.69, 9.17) is 0 Å². The van der Waals surface area contributed by atoms with Crippen LogP contribution in [0.3, 0.4) is 0 Å². The number of nitrogens with zero attached hydrogens (tertiary/aromatic N) is 2. The van der Waals surface area contributed by atoms with Crippen LogP contribution >= 0.6 is 0 Å². The molecule has 0 bridgehead atoms. The van der Waals surface area contributed by atoms with E-state index in [2.05, 4.69) is 165 Å². The zero-order valence-electron chi connectivity index (χ0n) is 29.0. The molecule has 6 aromatic carbocycles. The first-order valence-corrected chi connectivity index (χ1v) is 17.9. The summed E-state index contributed by atoms with van der Waals surface area (Å²) in [7, 11) is 0. The lowest BCUT2D eigenvalue weighted by Gasteiger charge is -2.45. The molecule has 0 spiro atoms. The van der Waals surface area contributed by atoms with Gasteiger partial charge in [-0.1, -0.05) is 105 Å². The van der Waals surface area contributed by atoms with E-state index >= 15 is 0 Å². The van der Waals surface area contributed by atoms with Crippen molar-refractivity contribution in [3.8, 4) is 11.1 Å². The zero-order valence-corrected chi connectivity index (χ0v) is 29.0. The van der Waals surface area contributed by atoms with E-state index in [1.165, 1.54) is 78.0 Å². The Labute approximate surface area is 291 Å². The number of anilines is 4. The molecule has 0 fully saturated rings. The first kappa shape index (κ1) is 29.8. The summed E-state index contributed by atoms with van der Waals surface area (Å²) in [5.74, 6) is 0. The van der Waals surface area contributed by atoms with Crippen LogP contribution in [0, 0.1) is 12.1 Å². The molecule has 0 unspecified atom stereocenters. The molecule has 49 heavy (non-hydrogen) atoms. The van der Waals surface area contributed by atoms with Gasteiger partial charge in [-0.25, -0.2) is 0 Å². The maximum atomic E-state index is 3.41. The van der Waals surface area contributed by atoms with Crippen molar-refractivity contribution in [2.75, 3.05) is 16.3 Å². The summed E-state index contributed by atoms with van der Waals surface area (Å²) in [6.07, 6.45) is 9.10. The fourth-order valence-electron chi connectivity index (χ4n) is 8.81. The van der Waals surface area contributed by atoms with Crippen LogP contribution < -0.4 is 9.80 Å². The van der Waals surface area contributed by atoms with Crippen molar-refractivity contribution >= 4 is 45.7 Å². The van der Waals surface area contributed by atoms with E-state index in [-0.39, 0.29) is 11.0 Å². The molecule has 240 valence electrons. The van der Waals surface area contributed by atoms with E-state index < -0.39 is 0 Å². The van der Waals surface area contributed by atoms with Gasteiger partial charge < -0.3 is 9.80 Å². The minimum absolute atomic E-state index is 0.0494. The standard InChI is InChI=1S/C47H42N2/c1-46(2)28-27-35-13-6-8-19-44(35)49(46)36-24-26-39-38-25-22-32(30-41(38)47(3,4)42(39)31-36)21-23-33-14-9-17-40-37(33)16-10-20-45(40)48-29-11-15-34-12-5-7-18-43(34)48/h5-6,8-10,12-14,16-17,19-26,30-31H,11,15,27-29H2,1-4H3. The monoisotopic (exact) mass is 634 g/mol. The quantitative estimate of drug-likeness (QED) is 0.178. The average Bonchev–Trinajstić information content (AvgIpc) is 3.34. The number of fused-ring (bicyclic) bond motifs is 6. The number of rotatable bonds is 4. The van der Waals surface area contributed by atoms with Crippen molar-refractivity contribution in [3.63, 3.8) is 0 Å². The van der Waals surface area contributed by atoms with Crippen LogP contribution in [0.5, 0.6) is 0 Å². The van der Waals surface area contributed by atoms with Crippen molar-refractivity contribution < 1.29 is 0 Å². The molecule has 0 N–H and O–H groups in total. The Bertz CT molecular complexity index is 2290. The fourth-order valence-corrected chi connectivity index (χ4v) is 8.81. The molecular weight excluding hydrogens is 593 g/mol. The Morgan fingerprint density at radius 3 is 2.35 bits per heavy atom. The fraction of sp³-hybridized carbons (Fsp3) is 0.234. The second-order valence-electron chi connectivity index (χ2n) is 15.2. The van der Waals surface area contributed by atoms with Gasteiger partial charge in [0.15, 0.2) is 0 Å². The van der Waals surface area contributed by atoms with Gasteiger partial charge in [0, 0.05) is 39.9 Å². The van der Waals surface area contributed by atoms with Crippen molar-refractivity contribution in [1.82, 2.24) is 0 Å². The average molecular weight is 635 g/mol. The maximum absolute atomic E-state index is 3.41. The summed E-state index contributed by atoms with van der Waals surface area (Å²) in [5, 5.41) is 2.54. The lowest BCUT2D eigenvalue weighted by atomic mass is 9.81. The summed E-state index contributed by atoms with van der Waals surface area (Å²) >= 11 is 0. The molecule has 0 amide bonds. The minimum Gasteiger partial charge on any atom is -0.336 e. The molecule has 0 atom stereocenters. The highest BCUT2D eigenvalue weighted by Crippen LogP contribution is 2.52. The van der Waals surface area contributed by atoms with Gasteiger partial charge in [-0.15, -0.1) is 0 Å². The minimum atomic E-state index is -0.0997. The predicted octanol–water partition coefficient (Wildman–Crippen LogP) is 11.9. The molecule has 3 aliphatic rings. The van der Waals surface area contributed by atoms with Crippen LogP contribution in [-0.4, -0.2) is 12.1 Å². The summed E-state index contributed by atoms with van der Waals surface area (Å²) in [4.78, 5) is 5.01. The Morgan fingerprint density at radius 1 is 0.673 bits per heavy atom. The molecule has 1 aliphatic carbocycles. The molecule has 2 aliphatic heterocycles. The van der Waals surface area contributed by atoms with Crippen LogP contribution in [0.15, 0.2) is 109 Å². The Balaban J connectivity index is 1.05. The molecule has 0 saturated heterocycles. The predicted molar refractivity (Wildman–Crippen MR) is 207 cm³/mol. The molecule has 9 rings (SSSR count). The number of benzene rings is 5. The van der Waals surface area contributed by atoms with Gasteiger partial charge in [-0.3, -0.25) is 0 Å². The molecule has 0 saturated carbocycles. The highest BCUT2D eigenvalue weighted by Gasteiger charge is 2.38. The zero-order chi connectivity index (χ0) is 33.3. The molecule has 0 aromatic heterocycles. The van der Waals surface area contributed by atoms with E-state index in [0.29, 0.717) is 0 Å². The van der Waals surface area contributed by atoms with Gasteiger partial charge in [0.25, 0.3) is 0 Å². The lowest BCUT2D eigenvalue weighted by molar-refractivity contribution is 0.447. The van der Waals surface area contributed by atoms with Gasteiger partial charge >= 0.3 is 0 Å². The normalized spacial score (nSPS) is 17.0. The Hall–Kier alpha value is -5.26. The van der Waals surface area contributed by atoms with E-state index in [9.17, 15) is 0 Å². The Kier molecular flexibility index (Phi) is 6.79. The molecule has 0 radical (unpaired) electrons. The van der Waals surface area contributed by atoms with Gasteiger partial charge in [0.1, 0.15) is 0 Å². The van der Waals surface area contributed by atoms with E-state index in [1.807, 2.05) is 6.07 Å². The summed E-state index contributed by atoms with van der Waals surface area (Å²) < 4.78 is 0. The molecule has 2 heterocycles. The van der Waals surface area contributed by atoms with Gasteiger partial charge in [0.05, 0.1) is 5.69 Å². The molecule has 2 heteroatoms. The van der Waals surface area contributed by atoms with Crippen molar-refractivity contribution in [2.24, 2.45) is 0 Å². The maximum Gasteiger partial charge on any atom is 0.0960 e. The molecular formula is C47H42N2.